The number of phenols is 1. The molecule has 1 aromatic heterocycles. The molecule has 0 spiro atoms. The first-order valence-electron chi connectivity index (χ1n) is 6.47. The summed E-state index contributed by atoms with van der Waals surface area (Å²) in [5.41, 5.74) is 2.66. The van der Waals surface area contributed by atoms with Gasteiger partial charge in [-0.1, -0.05) is 19.1 Å². The number of hydrogen-bond acceptors (Lipinski definition) is 4. The van der Waals surface area contributed by atoms with E-state index in [0.29, 0.717) is 17.0 Å². The van der Waals surface area contributed by atoms with Crippen LogP contribution in [0.4, 0.5) is 0 Å². The summed E-state index contributed by atoms with van der Waals surface area (Å²) in [6, 6.07) is 10.1. The fraction of sp³-hybridized carbons (Fsp3) is 0.333. The Kier molecular flexibility index (Phi) is 3.82. The largest absolute Gasteiger partial charge is 0.508 e. The third-order valence-corrected chi connectivity index (χ3v) is 5.74. The van der Waals surface area contributed by atoms with Crippen molar-refractivity contribution in [2.45, 2.75) is 35.4 Å². The van der Waals surface area contributed by atoms with E-state index in [-0.39, 0.29) is 0 Å². The van der Waals surface area contributed by atoms with Crippen molar-refractivity contribution in [3.05, 3.63) is 46.8 Å². The van der Waals surface area contributed by atoms with Gasteiger partial charge >= 0.3 is 0 Å². The summed E-state index contributed by atoms with van der Waals surface area (Å²) in [6.07, 6.45) is 1.17. The average molecular weight is 291 g/mol. The van der Waals surface area contributed by atoms with Gasteiger partial charge in [0.05, 0.1) is 4.21 Å². The molecule has 2 nitrogen and oxygen atoms in total. The Morgan fingerprint density at radius 1 is 1.26 bits per heavy atom. The van der Waals surface area contributed by atoms with E-state index in [9.17, 15) is 5.11 Å². The zero-order valence-corrected chi connectivity index (χ0v) is 12.4. The lowest BCUT2D eigenvalue weighted by Gasteiger charge is -2.27. The zero-order valence-electron chi connectivity index (χ0n) is 10.8. The van der Waals surface area contributed by atoms with Crippen molar-refractivity contribution < 1.29 is 5.11 Å². The molecule has 0 aliphatic carbocycles. The lowest BCUT2D eigenvalue weighted by molar-refractivity contribution is 0.473. The third kappa shape index (κ3) is 2.96. The minimum absolute atomic E-state index is 0.326. The van der Waals surface area contributed by atoms with Gasteiger partial charge < -0.3 is 10.4 Å². The van der Waals surface area contributed by atoms with Gasteiger partial charge in [-0.3, -0.25) is 0 Å². The normalized spacial score (nSPS) is 22.2. The van der Waals surface area contributed by atoms with E-state index in [2.05, 4.69) is 23.7 Å². The first-order chi connectivity index (χ1) is 9.22. The lowest BCUT2D eigenvalue weighted by atomic mass is 10.0. The lowest BCUT2D eigenvalue weighted by Crippen LogP contribution is -2.26. The molecule has 1 aliphatic heterocycles. The first kappa shape index (κ1) is 13.0. The highest BCUT2D eigenvalue weighted by atomic mass is 32.2. The molecule has 0 saturated carbocycles. The number of thioether (sulfide) groups is 1. The van der Waals surface area contributed by atoms with Crippen molar-refractivity contribution in [1.82, 2.24) is 5.32 Å². The van der Waals surface area contributed by atoms with Crippen LogP contribution in [0.15, 0.2) is 39.9 Å². The van der Waals surface area contributed by atoms with E-state index in [0.717, 1.165) is 6.54 Å². The highest BCUT2D eigenvalue weighted by Crippen LogP contribution is 2.43. The molecule has 100 valence electrons. The Bertz CT molecular complexity index is 550. The van der Waals surface area contributed by atoms with Gasteiger partial charge in [0, 0.05) is 17.8 Å². The average Bonchev–Trinajstić information content (AvgIpc) is 2.85. The van der Waals surface area contributed by atoms with Gasteiger partial charge in [-0.2, -0.15) is 0 Å². The molecule has 4 heteroatoms. The Morgan fingerprint density at radius 3 is 2.84 bits per heavy atom. The van der Waals surface area contributed by atoms with Crippen LogP contribution >= 0.6 is 23.1 Å². The van der Waals surface area contributed by atoms with Gasteiger partial charge in [-0.15, -0.1) is 23.1 Å². The van der Waals surface area contributed by atoms with Crippen LogP contribution in [-0.2, 0) is 6.54 Å². The molecule has 0 fully saturated rings. The molecule has 2 aromatic rings. The highest BCUT2D eigenvalue weighted by molar-refractivity contribution is 8.01. The molecule has 0 saturated heterocycles. The molecule has 2 N–H and O–H groups in total. The maximum atomic E-state index is 9.29. The molecule has 0 amide bonds. The van der Waals surface area contributed by atoms with Gasteiger partial charge in [0.15, 0.2) is 0 Å². The molecule has 19 heavy (non-hydrogen) atoms. The second-order valence-corrected chi connectivity index (χ2v) is 7.55. The van der Waals surface area contributed by atoms with Gasteiger partial charge in [0.25, 0.3) is 0 Å². The molecule has 1 aliphatic rings. The smallest absolute Gasteiger partial charge is 0.115 e. The van der Waals surface area contributed by atoms with E-state index >= 15 is 0 Å². The molecule has 3 rings (SSSR count). The predicted octanol–water partition coefficient (Wildman–Crippen LogP) is 4.17. The van der Waals surface area contributed by atoms with E-state index in [1.165, 1.54) is 21.8 Å². The van der Waals surface area contributed by atoms with Gasteiger partial charge in [0.2, 0.25) is 0 Å². The first-order valence-corrected chi connectivity index (χ1v) is 8.23. The van der Waals surface area contributed by atoms with Crippen molar-refractivity contribution in [1.29, 1.82) is 0 Å². The molecule has 2 heterocycles. The summed E-state index contributed by atoms with van der Waals surface area (Å²) in [4.78, 5) is 0. The second-order valence-electron chi connectivity index (χ2n) is 4.93. The van der Waals surface area contributed by atoms with Crippen LogP contribution in [0, 0.1) is 0 Å². The van der Waals surface area contributed by atoms with Crippen molar-refractivity contribution in [3.63, 3.8) is 0 Å². The number of hydrogen-bond donors (Lipinski definition) is 2. The van der Waals surface area contributed by atoms with Crippen molar-refractivity contribution in [3.8, 4) is 5.75 Å². The Hall–Kier alpha value is -0.970. The van der Waals surface area contributed by atoms with Crippen LogP contribution in [0.1, 0.15) is 30.5 Å². The predicted molar refractivity (Wildman–Crippen MR) is 81.9 cm³/mol. The minimum atomic E-state index is 0.326. The molecule has 2 atom stereocenters. The fourth-order valence-electron chi connectivity index (χ4n) is 2.40. The maximum Gasteiger partial charge on any atom is 0.115 e. The van der Waals surface area contributed by atoms with Crippen LogP contribution in [-0.4, -0.2) is 10.4 Å². The number of nitrogens with one attached hydrogen (secondary N) is 1. The summed E-state index contributed by atoms with van der Waals surface area (Å²) in [7, 11) is 0. The van der Waals surface area contributed by atoms with Crippen LogP contribution < -0.4 is 5.32 Å². The summed E-state index contributed by atoms with van der Waals surface area (Å²) in [6.45, 7) is 3.14. The zero-order chi connectivity index (χ0) is 13.2. The van der Waals surface area contributed by atoms with Crippen LogP contribution in [0.3, 0.4) is 0 Å². The summed E-state index contributed by atoms with van der Waals surface area (Å²) in [5.74, 6) is 0.326. The third-order valence-electron chi connectivity index (χ3n) is 3.40. The Balaban J connectivity index is 1.69. The van der Waals surface area contributed by atoms with Crippen molar-refractivity contribution in [2.75, 3.05) is 0 Å². The fourth-order valence-corrected chi connectivity index (χ4v) is 4.96. The van der Waals surface area contributed by atoms with E-state index in [1.807, 2.05) is 35.2 Å². The maximum absolute atomic E-state index is 9.29. The van der Waals surface area contributed by atoms with Gasteiger partial charge in [-0.05, 0) is 41.1 Å². The number of thiophene rings is 1. The standard InChI is InChI=1S/C15H17NOS2/c1-10-8-14(13-6-7-18-15(13)19-10)16-9-11-2-4-12(17)5-3-11/h2-7,10,14,16-17H,8-9H2,1H3/t10-,14?/m0/s1. The van der Waals surface area contributed by atoms with Gasteiger partial charge in [0.1, 0.15) is 5.75 Å². The molecule has 1 unspecified atom stereocenters. The number of phenolic OH excluding ortho intramolecular Hbond substituents is 1. The molecule has 0 bridgehead atoms. The van der Waals surface area contributed by atoms with E-state index in [4.69, 9.17) is 0 Å². The number of benzene rings is 1. The van der Waals surface area contributed by atoms with Gasteiger partial charge in [-0.25, -0.2) is 0 Å². The molecule has 1 aromatic carbocycles. The molecular weight excluding hydrogens is 274 g/mol. The minimum Gasteiger partial charge on any atom is -0.508 e. The van der Waals surface area contributed by atoms with Crippen molar-refractivity contribution in [2.24, 2.45) is 0 Å². The monoisotopic (exact) mass is 291 g/mol. The quantitative estimate of drug-likeness (QED) is 0.890. The van der Waals surface area contributed by atoms with Crippen LogP contribution in [0.2, 0.25) is 0 Å². The van der Waals surface area contributed by atoms with Crippen LogP contribution in [0.25, 0.3) is 0 Å². The van der Waals surface area contributed by atoms with Crippen LogP contribution in [0.5, 0.6) is 5.75 Å². The van der Waals surface area contributed by atoms with Crippen molar-refractivity contribution >= 4 is 23.1 Å². The number of fused-ring (bicyclic) bond motifs is 1. The molecular formula is C15H17NOS2. The second kappa shape index (κ2) is 5.57. The topological polar surface area (TPSA) is 32.3 Å². The summed E-state index contributed by atoms with van der Waals surface area (Å²) >= 11 is 3.84. The SMILES string of the molecule is C[C@H]1CC(NCc2ccc(O)cc2)c2ccsc2S1. The Labute approximate surface area is 121 Å². The molecule has 0 radical (unpaired) electrons. The highest BCUT2D eigenvalue weighted by Gasteiger charge is 2.25. The number of aromatic hydroxyl groups is 1. The summed E-state index contributed by atoms with van der Waals surface area (Å²) in [5, 5.41) is 15.8. The summed E-state index contributed by atoms with van der Waals surface area (Å²) < 4.78 is 1.46. The van der Waals surface area contributed by atoms with E-state index < -0.39 is 0 Å². The Morgan fingerprint density at radius 2 is 2.05 bits per heavy atom. The number of rotatable bonds is 3. The van der Waals surface area contributed by atoms with E-state index in [1.54, 1.807) is 12.1 Å².